The van der Waals surface area contributed by atoms with E-state index in [1.54, 1.807) is 19.1 Å². The lowest BCUT2D eigenvalue weighted by Gasteiger charge is -2.17. The molecule has 0 fully saturated rings. The van der Waals surface area contributed by atoms with Gasteiger partial charge in [-0.3, -0.25) is 4.79 Å². The number of carboxylic acids is 1. The van der Waals surface area contributed by atoms with Crippen molar-refractivity contribution >= 4 is 23.7 Å². The van der Waals surface area contributed by atoms with Crippen LogP contribution in [0.4, 0.5) is 10.5 Å². The van der Waals surface area contributed by atoms with Gasteiger partial charge in [0.05, 0.1) is 5.56 Å². The van der Waals surface area contributed by atoms with Gasteiger partial charge in [0.1, 0.15) is 6.61 Å². The van der Waals surface area contributed by atoms with Gasteiger partial charge in [0.2, 0.25) is 5.91 Å². The van der Waals surface area contributed by atoms with Crippen LogP contribution in [0, 0.1) is 0 Å². The minimum atomic E-state index is -1.06. The highest BCUT2D eigenvalue weighted by Crippen LogP contribution is 2.44. The van der Waals surface area contributed by atoms with Crippen molar-refractivity contribution < 1.29 is 24.2 Å². The summed E-state index contributed by atoms with van der Waals surface area (Å²) >= 11 is 0. The maximum Gasteiger partial charge on any atom is 0.407 e. The highest BCUT2D eigenvalue weighted by molar-refractivity contribution is 5.93. The van der Waals surface area contributed by atoms with Crippen molar-refractivity contribution in [2.75, 3.05) is 11.9 Å². The number of ether oxygens (including phenoxy) is 1. The van der Waals surface area contributed by atoms with E-state index in [1.807, 2.05) is 24.3 Å². The Morgan fingerprint density at radius 1 is 0.941 bits per heavy atom. The minimum Gasteiger partial charge on any atom is -0.478 e. The number of carbonyl (C=O) groups is 3. The molecule has 0 saturated carbocycles. The third-order valence-corrected chi connectivity index (χ3v) is 5.91. The normalized spacial score (nSPS) is 12.9. The number of alkyl carbamates (subject to hydrolysis) is 1. The zero-order valence-corrected chi connectivity index (χ0v) is 18.8. The molecule has 3 aromatic rings. The first kappa shape index (κ1) is 23.0. The number of nitrogens with one attached hydrogen (secondary N) is 2. The lowest BCUT2D eigenvalue weighted by atomic mass is 9.98. The largest absolute Gasteiger partial charge is 0.478 e. The number of carbonyl (C=O) groups excluding carboxylic acids is 2. The Morgan fingerprint density at radius 3 is 2.24 bits per heavy atom. The monoisotopic (exact) mass is 458 g/mol. The van der Waals surface area contributed by atoms with E-state index < -0.39 is 12.1 Å². The summed E-state index contributed by atoms with van der Waals surface area (Å²) in [6, 6.07) is 22.1. The topological polar surface area (TPSA) is 105 Å². The van der Waals surface area contributed by atoms with Crippen molar-refractivity contribution in [1.82, 2.24) is 5.32 Å². The number of anilines is 1. The van der Waals surface area contributed by atoms with Crippen molar-refractivity contribution in [3.63, 3.8) is 0 Å². The Bertz CT molecular complexity index is 1180. The second-order valence-electron chi connectivity index (χ2n) is 8.34. The van der Waals surface area contributed by atoms with E-state index in [2.05, 4.69) is 34.9 Å². The highest BCUT2D eigenvalue weighted by atomic mass is 16.5. The highest BCUT2D eigenvalue weighted by Gasteiger charge is 2.29. The van der Waals surface area contributed by atoms with Crippen molar-refractivity contribution in [1.29, 1.82) is 0 Å². The average Bonchev–Trinajstić information content (AvgIpc) is 3.15. The van der Waals surface area contributed by atoms with Gasteiger partial charge in [0.15, 0.2) is 0 Å². The molecule has 3 N–H and O–H groups in total. The molecular weight excluding hydrogens is 432 g/mol. The van der Waals surface area contributed by atoms with Crippen LogP contribution in [0.5, 0.6) is 0 Å². The van der Waals surface area contributed by atoms with E-state index in [1.165, 1.54) is 23.3 Å². The molecule has 1 aliphatic rings. The van der Waals surface area contributed by atoms with Gasteiger partial charge in [-0.25, -0.2) is 9.59 Å². The Balaban J connectivity index is 1.25. The summed E-state index contributed by atoms with van der Waals surface area (Å²) in [6.07, 6.45) is 0.0560. The SMILES string of the molecule is CC(CCC(=O)Nc1cccc(C(=O)O)c1)NC(=O)OCC1c2ccccc2-c2ccccc21. The lowest BCUT2D eigenvalue weighted by Crippen LogP contribution is -2.34. The number of rotatable bonds is 8. The summed E-state index contributed by atoms with van der Waals surface area (Å²) in [5.41, 5.74) is 5.15. The van der Waals surface area contributed by atoms with Gasteiger partial charge in [-0.15, -0.1) is 0 Å². The van der Waals surface area contributed by atoms with Gasteiger partial charge in [-0.05, 0) is 53.8 Å². The van der Waals surface area contributed by atoms with E-state index in [9.17, 15) is 14.4 Å². The number of hydrogen-bond donors (Lipinski definition) is 3. The summed E-state index contributed by atoms with van der Waals surface area (Å²) in [4.78, 5) is 35.6. The number of carboxylic acid groups (broad SMARTS) is 1. The first-order valence-electron chi connectivity index (χ1n) is 11.2. The fourth-order valence-electron chi connectivity index (χ4n) is 4.21. The van der Waals surface area contributed by atoms with Crippen LogP contribution in [0.1, 0.15) is 47.2 Å². The molecule has 1 atom stereocenters. The molecule has 34 heavy (non-hydrogen) atoms. The maximum absolute atomic E-state index is 12.4. The first-order chi connectivity index (χ1) is 16.4. The molecule has 2 amide bonds. The summed E-state index contributed by atoms with van der Waals surface area (Å²) < 4.78 is 5.54. The second-order valence-corrected chi connectivity index (χ2v) is 8.34. The molecule has 0 bridgehead atoms. The number of amides is 2. The third-order valence-electron chi connectivity index (χ3n) is 5.91. The minimum absolute atomic E-state index is 0.0131. The van der Waals surface area contributed by atoms with Crippen molar-refractivity contribution in [2.24, 2.45) is 0 Å². The standard InChI is InChI=1S/C27H26N2O5/c1-17(13-14-25(30)29-19-8-6-7-18(15-19)26(31)32)28-27(33)34-16-24-22-11-4-2-9-20(22)21-10-3-5-12-23(21)24/h2-12,15,17,24H,13-14,16H2,1H3,(H,28,33)(H,29,30)(H,31,32). The smallest absolute Gasteiger partial charge is 0.407 e. The van der Waals surface area contributed by atoms with Crippen molar-refractivity contribution in [2.45, 2.75) is 31.7 Å². The second kappa shape index (κ2) is 10.2. The lowest BCUT2D eigenvalue weighted by molar-refractivity contribution is -0.116. The quantitative estimate of drug-likeness (QED) is 0.439. The predicted octanol–water partition coefficient (Wildman–Crippen LogP) is 5.03. The van der Waals surface area contributed by atoms with Crippen LogP contribution in [0.25, 0.3) is 11.1 Å². The third kappa shape index (κ3) is 5.26. The van der Waals surface area contributed by atoms with E-state index in [-0.39, 0.29) is 36.5 Å². The number of aromatic carboxylic acids is 1. The van der Waals surface area contributed by atoms with E-state index in [4.69, 9.17) is 9.84 Å². The van der Waals surface area contributed by atoms with Crippen LogP contribution in [0.15, 0.2) is 72.8 Å². The van der Waals surface area contributed by atoms with Gasteiger partial charge in [0, 0.05) is 24.1 Å². The molecule has 7 nitrogen and oxygen atoms in total. The summed E-state index contributed by atoms with van der Waals surface area (Å²) in [7, 11) is 0. The van der Waals surface area contributed by atoms with E-state index >= 15 is 0 Å². The maximum atomic E-state index is 12.4. The van der Waals surface area contributed by atoms with Gasteiger partial charge in [-0.1, -0.05) is 54.6 Å². The molecule has 1 unspecified atom stereocenters. The van der Waals surface area contributed by atoms with Crippen LogP contribution in [-0.4, -0.2) is 35.7 Å². The fourth-order valence-corrected chi connectivity index (χ4v) is 4.21. The number of fused-ring (bicyclic) bond motifs is 3. The molecular formula is C27H26N2O5. The molecule has 0 spiro atoms. The molecule has 0 aliphatic heterocycles. The van der Waals surface area contributed by atoms with Gasteiger partial charge >= 0.3 is 12.1 Å². The molecule has 0 radical (unpaired) electrons. The molecule has 3 aromatic carbocycles. The van der Waals surface area contributed by atoms with Crippen LogP contribution in [0.3, 0.4) is 0 Å². The van der Waals surface area contributed by atoms with Crippen LogP contribution < -0.4 is 10.6 Å². The molecule has 0 heterocycles. The van der Waals surface area contributed by atoms with Crippen LogP contribution in [0.2, 0.25) is 0 Å². The summed E-state index contributed by atoms with van der Waals surface area (Å²) in [5, 5.41) is 14.5. The molecule has 0 saturated heterocycles. The van der Waals surface area contributed by atoms with Crippen LogP contribution in [-0.2, 0) is 9.53 Å². The number of benzene rings is 3. The molecule has 7 heteroatoms. The zero-order valence-electron chi connectivity index (χ0n) is 18.8. The summed E-state index contributed by atoms with van der Waals surface area (Å²) in [5.74, 6) is -1.33. The van der Waals surface area contributed by atoms with Gasteiger partial charge in [0.25, 0.3) is 0 Å². The molecule has 0 aromatic heterocycles. The fraction of sp³-hybridized carbons (Fsp3) is 0.222. The van der Waals surface area contributed by atoms with Crippen LogP contribution >= 0.6 is 0 Å². The first-order valence-corrected chi connectivity index (χ1v) is 11.2. The average molecular weight is 459 g/mol. The molecule has 4 rings (SSSR count). The Kier molecular flexibility index (Phi) is 6.92. The number of hydrogen-bond acceptors (Lipinski definition) is 4. The predicted molar refractivity (Wildman–Crippen MR) is 129 cm³/mol. The Labute approximate surface area is 197 Å². The van der Waals surface area contributed by atoms with Gasteiger partial charge < -0.3 is 20.5 Å². The van der Waals surface area contributed by atoms with Gasteiger partial charge in [-0.2, -0.15) is 0 Å². The Hall–Kier alpha value is -4.13. The Morgan fingerprint density at radius 2 is 1.59 bits per heavy atom. The van der Waals surface area contributed by atoms with Crippen molar-refractivity contribution in [3.8, 4) is 11.1 Å². The molecule has 174 valence electrons. The molecule has 1 aliphatic carbocycles. The van der Waals surface area contributed by atoms with E-state index in [0.29, 0.717) is 12.1 Å². The zero-order chi connectivity index (χ0) is 24.1. The van der Waals surface area contributed by atoms with E-state index in [0.717, 1.165) is 11.1 Å². The van der Waals surface area contributed by atoms with Crippen molar-refractivity contribution in [3.05, 3.63) is 89.5 Å². The summed E-state index contributed by atoms with van der Waals surface area (Å²) in [6.45, 7) is 2.03.